The number of para-hydroxylation sites is 1. The Labute approximate surface area is 159 Å². The summed E-state index contributed by atoms with van der Waals surface area (Å²) in [6, 6.07) is 6.82. The molecule has 2 bridgehead atoms. The van der Waals surface area contributed by atoms with Crippen LogP contribution in [0.1, 0.15) is 25.7 Å². The largest absolute Gasteiger partial charge is 0.331 e. The van der Waals surface area contributed by atoms with Gasteiger partial charge in [0, 0.05) is 15.8 Å². The zero-order valence-corrected chi connectivity index (χ0v) is 15.7. The van der Waals surface area contributed by atoms with Crippen LogP contribution in [0.15, 0.2) is 29.3 Å². The third kappa shape index (κ3) is 2.98. The van der Waals surface area contributed by atoms with Gasteiger partial charge in [-0.05, 0) is 65.8 Å². The molecule has 1 saturated heterocycles. The van der Waals surface area contributed by atoms with Crippen LogP contribution in [0.2, 0.25) is 0 Å². The first-order valence-corrected chi connectivity index (χ1v) is 9.59. The van der Waals surface area contributed by atoms with E-state index in [4.69, 9.17) is 0 Å². The van der Waals surface area contributed by atoms with Crippen molar-refractivity contribution in [1.82, 2.24) is 10.2 Å². The summed E-state index contributed by atoms with van der Waals surface area (Å²) < 4.78 is 0.932. The minimum Gasteiger partial charge on any atom is -0.277 e. The highest BCUT2D eigenvalue weighted by molar-refractivity contribution is 14.1. The van der Waals surface area contributed by atoms with Crippen molar-refractivity contribution < 1.29 is 14.4 Å². The Bertz CT molecular complexity index is 779. The van der Waals surface area contributed by atoms with Crippen molar-refractivity contribution in [2.45, 2.75) is 31.7 Å². The number of carbonyl (C=O) groups is 3. The van der Waals surface area contributed by atoms with Gasteiger partial charge in [-0.1, -0.05) is 18.6 Å². The smallest absolute Gasteiger partial charge is 0.277 e. The van der Waals surface area contributed by atoms with E-state index in [0.717, 1.165) is 22.8 Å². The first-order chi connectivity index (χ1) is 12.0. The molecule has 0 unspecified atom stereocenters. The molecule has 1 heterocycles. The molecule has 4 rings (SSSR count). The molecule has 2 aliphatic carbocycles. The average Bonchev–Trinajstić information content (AvgIpc) is 3.19. The Morgan fingerprint density at radius 2 is 1.96 bits per heavy atom. The molecule has 4 atom stereocenters. The first-order valence-electron chi connectivity index (χ1n) is 8.51. The Kier molecular flexibility index (Phi) is 4.35. The second kappa shape index (κ2) is 6.51. The molecule has 6 nitrogen and oxygen atoms in total. The maximum Gasteiger partial charge on any atom is 0.331 e. The molecule has 4 amide bonds. The predicted molar refractivity (Wildman–Crippen MR) is 100 cm³/mol. The summed E-state index contributed by atoms with van der Waals surface area (Å²) >= 11 is 2.15. The Hall–Kier alpha value is -1.77. The van der Waals surface area contributed by atoms with Crippen LogP contribution in [0.25, 0.3) is 0 Å². The van der Waals surface area contributed by atoms with Crippen LogP contribution in [-0.2, 0) is 9.59 Å². The third-order valence-corrected chi connectivity index (χ3v) is 6.39. The summed E-state index contributed by atoms with van der Waals surface area (Å²) in [5, 5.41) is 2.33. The lowest BCUT2D eigenvalue weighted by atomic mass is 9.92. The molecular weight excluding hydrogens is 433 g/mol. The van der Waals surface area contributed by atoms with Gasteiger partial charge in [0.1, 0.15) is 0 Å². The Morgan fingerprint density at radius 1 is 1.16 bits per heavy atom. The fourth-order valence-electron chi connectivity index (χ4n) is 4.29. The number of fused-ring (bicyclic) bond motifs is 2. The number of hydrogen-bond donors (Lipinski definition) is 1. The van der Waals surface area contributed by atoms with E-state index in [-0.39, 0.29) is 6.04 Å². The summed E-state index contributed by atoms with van der Waals surface area (Å²) in [7, 11) is 0. The molecule has 0 aromatic heterocycles. The van der Waals surface area contributed by atoms with Crippen molar-refractivity contribution in [3.8, 4) is 0 Å². The lowest BCUT2D eigenvalue weighted by Gasteiger charge is -2.36. The van der Waals surface area contributed by atoms with E-state index in [1.165, 1.54) is 17.5 Å². The van der Waals surface area contributed by atoms with Gasteiger partial charge in [0.2, 0.25) is 11.8 Å². The number of nitrogens with zero attached hydrogens (tertiary/aromatic N) is 2. The summed E-state index contributed by atoms with van der Waals surface area (Å²) in [6.07, 6.45) is 5.54. The molecule has 130 valence electrons. The van der Waals surface area contributed by atoms with Gasteiger partial charge in [-0.25, -0.2) is 4.79 Å². The van der Waals surface area contributed by atoms with Gasteiger partial charge in [-0.15, -0.1) is 0 Å². The second-order valence-corrected chi connectivity index (χ2v) is 8.11. The first kappa shape index (κ1) is 16.7. The summed E-state index contributed by atoms with van der Waals surface area (Å²) in [6.45, 7) is 0. The van der Waals surface area contributed by atoms with Crippen molar-refractivity contribution in [2.75, 3.05) is 0 Å². The number of hydrogen-bond acceptors (Lipinski definition) is 4. The highest BCUT2D eigenvalue weighted by Gasteiger charge is 2.50. The monoisotopic (exact) mass is 451 g/mol. The number of barbiturate groups is 1. The van der Waals surface area contributed by atoms with Gasteiger partial charge in [-0.3, -0.25) is 24.8 Å². The standard InChI is InChI=1S/C18H18IN3O3/c19-13-3-1-2-4-14(13)20-9-12-16(23)21-18(25)22(17(12)24)15-8-10-5-6-11(15)7-10/h1-4,9-12,15H,5-8H2,(H,21,23,25)/t10-,11-,12+,15+/m0/s1. The van der Waals surface area contributed by atoms with Crippen LogP contribution >= 0.6 is 22.6 Å². The van der Waals surface area contributed by atoms with Crippen molar-refractivity contribution in [1.29, 1.82) is 0 Å². The summed E-state index contributed by atoms with van der Waals surface area (Å²) in [4.78, 5) is 42.9. The number of aliphatic imine (C=N–C) groups is 1. The normalized spacial score (nSPS) is 31.9. The lowest BCUT2D eigenvalue weighted by Crippen LogP contribution is -2.62. The van der Waals surface area contributed by atoms with Gasteiger partial charge >= 0.3 is 6.03 Å². The zero-order valence-electron chi connectivity index (χ0n) is 13.5. The molecule has 0 radical (unpaired) electrons. The van der Waals surface area contributed by atoms with E-state index in [2.05, 4.69) is 32.9 Å². The van der Waals surface area contributed by atoms with Crippen molar-refractivity contribution >= 4 is 52.3 Å². The SMILES string of the molecule is O=C1NC(=O)N([C@@H]2C[C@H]3CC[C@H]2C3)C(=O)[C@@H]1C=Nc1ccccc1I. The van der Waals surface area contributed by atoms with Gasteiger partial charge in [-0.2, -0.15) is 0 Å². The van der Waals surface area contributed by atoms with Crippen LogP contribution in [0, 0.1) is 21.3 Å². The number of imide groups is 2. The molecule has 2 saturated carbocycles. The molecule has 1 N–H and O–H groups in total. The van der Waals surface area contributed by atoms with Crippen molar-refractivity contribution in [2.24, 2.45) is 22.7 Å². The quantitative estimate of drug-likeness (QED) is 0.436. The number of amides is 4. The molecule has 1 aromatic rings. The van der Waals surface area contributed by atoms with Crippen molar-refractivity contribution in [3.63, 3.8) is 0 Å². The minimum atomic E-state index is -1.05. The average molecular weight is 451 g/mol. The van der Waals surface area contributed by atoms with Crippen LogP contribution in [-0.4, -0.2) is 35.0 Å². The van der Waals surface area contributed by atoms with Crippen LogP contribution in [0.3, 0.4) is 0 Å². The molecule has 0 spiro atoms. The fourth-order valence-corrected chi connectivity index (χ4v) is 4.82. The number of benzene rings is 1. The number of nitrogens with one attached hydrogen (secondary N) is 1. The maximum atomic E-state index is 12.9. The minimum absolute atomic E-state index is 0.0767. The van der Waals surface area contributed by atoms with Gasteiger partial charge in [0.05, 0.1) is 5.69 Å². The summed E-state index contributed by atoms with van der Waals surface area (Å²) in [5.74, 6) is -1.11. The van der Waals surface area contributed by atoms with Crippen molar-refractivity contribution in [3.05, 3.63) is 27.8 Å². The molecule has 25 heavy (non-hydrogen) atoms. The molecular formula is C18H18IN3O3. The number of urea groups is 1. The molecule has 7 heteroatoms. The van der Waals surface area contributed by atoms with E-state index in [1.807, 2.05) is 24.3 Å². The Balaban J connectivity index is 1.57. The van der Waals surface area contributed by atoms with E-state index in [0.29, 0.717) is 17.5 Å². The highest BCUT2D eigenvalue weighted by atomic mass is 127. The zero-order chi connectivity index (χ0) is 17.6. The lowest BCUT2D eigenvalue weighted by molar-refractivity contribution is -0.141. The van der Waals surface area contributed by atoms with E-state index in [1.54, 1.807) is 0 Å². The summed E-state index contributed by atoms with van der Waals surface area (Å²) in [5.41, 5.74) is 0.701. The van der Waals surface area contributed by atoms with Crippen LogP contribution in [0.5, 0.6) is 0 Å². The van der Waals surface area contributed by atoms with E-state index in [9.17, 15) is 14.4 Å². The van der Waals surface area contributed by atoms with Crippen LogP contribution < -0.4 is 5.32 Å². The molecule has 3 aliphatic rings. The topological polar surface area (TPSA) is 78.8 Å². The fraction of sp³-hybridized carbons (Fsp3) is 0.444. The van der Waals surface area contributed by atoms with Crippen LogP contribution in [0.4, 0.5) is 10.5 Å². The Morgan fingerprint density at radius 3 is 2.64 bits per heavy atom. The molecule has 1 aromatic carbocycles. The molecule has 3 fully saturated rings. The van der Waals surface area contributed by atoms with E-state index >= 15 is 0 Å². The number of rotatable bonds is 3. The predicted octanol–water partition coefficient (Wildman–Crippen LogP) is 2.88. The second-order valence-electron chi connectivity index (χ2n) is 6.95. The molecule has 1 aliphatic heterocycles. The number of carbonyl (C=O) groups excluding carboxylic acids is 3. The van der Waals surface area contributed by atoms with E-state index < -0.39 is 23.8 Å². The highest BCUT2D eigenvalue weighted by Crippen LogP contribution is 2.47. The number of halogens is 1. The van der Waals surface area contributed by atoms with Gasteiger partial charge in [0.25, 0.3) is 0 Å². The van der Waals surface area contributed by atoms with Gasteiger partial charge < -0.3 is 0 Å². The third-order valence-electron chi connectivity index (χ3n) is 5.48. The maximum absolute atomic E-state index is 12.9. The van der Waals surface area contributed by atoms with Gasteiger partial charge in [0.15, 0.2) is 5.92 Å².